The molecule has 0 spiro atoms. The molecule has 0 unspecified atom stereocenters. The Morgan fingerprint density at radius 1 is 1.39 bits per heavy atom. The predicted molar refractivity (Wildman–Crippen MR) is 62.5 cm³/mol. The maximum Gasteiger partial charge on any atom is 0.336 e. The van der Waals surface area contributed by atoms with Gasteiger partial charge in [0.1, 0.15) is 0 Å². The fraction of sp³-hybridized carbons (Fsp3) is 0.0909. The van der Waals surface area contributed by atoms with Crippen LogP contribution >= 0.6 is 0 Å². The second-order valence-corrected chi connectivity index (χ2v) is 3.64. The maximum absolute atomic E-state index is 11.7. The van der Waals surface area contributed by atoms with E-state index in [9.17, 15) is 9.59 Å². The first-order valence-electron chi connectivity index (χ1n) is 5.09. The Bertz CT molecular complexity index is 592. The quantitative estimate of drug-likeness (QED) is 0.750. The molecule has 0 aliphatic rings. The molecule has 2 rings (SSSR count). The number of amides is 1. The third-order valence-corrected chi connectivity index (χ3v) is 2.37. The molecular weight excluding hydrogens is 236 g/mol. The highest BCUT2D eigenvalue weighted by Crippen LogP contribution is 2.15. The summed E-state index contributed by atoms with van der Waals surface area (Å²) in [5.74, 6) is -1.49. The molecule has 0 aliphatic heterocycles. The number of nitrogens with one attached hydrogen (secondary N) is 2. The van der Waals surface area contributed by atoms with Crippen molar-refractivity contribution in [2.24, 2.45) is 0 Å². The van der Waals surface area contributed by atoms with Crippen molar-refractivity contribution in [2.45, 2.75) is 6.92 Å². The van der Waals surface area contributed by atoms with Crippen LogP contribution in [0, 0.1) is 6.92 Å². The van der Waals surface area contributed by atoms with Crippen molar-refractivity contribution in [1.82, 2.24) is 15.4 Å². The highest BCUT2D eigenvalue weighted by molar-refractivity contribution is 6.03. The molecule has 0 saturated carbocycles. The number of aromatic carboxylic acids is 1. The van der Waals surface area contributed by atoms with Crippen LogP contribution in [0.5, 0.6) is 0 Å². The van der Waals surface area contributed by atoms with Crippen LogP contribution in [0.3, 0.4) is 0 Å². The summed E-state index contributed by atoms with van der Waals surface area (Å²) in [5, 5.41) is 21.0. The average Bonchev–Trinajstić information content (AvgIpc) is 2.85. The Hall–Kier alpha value is -2.70. The van der Waals surface area contributed by atoms with Gasteiger partial charge in [0.25, 0.3) is 5.91 Å². The molecule has 7 heteroatoms. The van der Waals surface area contributed by atoms with E-state index in [1.165, 1.54) is 12.3 Å². The molecule has 1 heterocycles. The molecule has 1 aromatic carbocycles. The van der Waals surface area contributed by atoms with Gasteiger partial charge in [-0.3, -0.25) is 4.79 Å². The topological polar surface area (TPSA) is 108 Å². The standard InChI is InChI=1S/C11H10N4O3/c1-6-2-3-7(4-8(6)11(17)18)13-10(16)9-5-12-15-14-9/h2-5H,1H3,(H,13,16)(H,17,18)(H,12,14,15). The summed E-state index contributed by atoms with van der Waals surface area (Å²) in [6.07, 6.45) is 1.28. The first-order chi connectivity index (χ1) is 8.58. The summed E-state index contributed by atoms with van der Waals surface area (Å²) in [6, 6.07) is 4.65. The number of carboxylic acid groups (broad SMARTS) is 1. The van der Waals surface area contributed by atoms with Crippen molar-refractivity contribution in [3.63, 3.8) is 0 Å². The smallest absolute Gasteiger partial charge is 0.336 e. The minimum Gasteiger partial charge on any atom is -0.478 e. The third kappa shape index (κ3) is 2.34. The first-order valence-corrected chi connectivity index (χ1v) is 5.09. The van der Waals surface area contributed by atoms with Crippen molar-refractivity contribution >= 4 is 17.6 Å². The average molecular weight is 246 g/mol. The molecule has 1 aromatic heterocycles. The van der Waals surface area contributed by atoms with Crippen molar-refractivity contribution < 1.29 is 14.7 Å². The molecule has 7 nitrogen and oxygen atoms in total. The Balaban J connectivity index is 2.22. The van der Waals surface area contributed by atoms with Crippen LogP contribution in [0.15, 0.2) is 24.4 Å². The molecule has 0 radical (unpaired) electrons. The summed E-state index contributed by atoms with van der Waals surface area (Å²) in [7, 11) is 0. The molecule has 0 bridgehead atoms. The Labute approximate surface area is 102 Å². The van der Waals surface area contributed by atoms with Crippen molar-refractivity contribution in [3.8, 4) is 0 Å². The fourth-order valence-electron chi connectivity index (χ4n) is 1.44. The number of nitrogens with zero attached hydrogens (tertiary/aromatic N) is 2. The van der Waals surface area contributed by atoms with E-state index in [4.69, 9.17) is 5.11 Å². The van der Waals surface area contributed by atoms with Gasteiger partial charge in [0, 0.05) is 5.69 Å². The van der Waals surface area contributed by atoms with E-state index in [0.717, 1.165) is 0 Å². The maximum atomic E-state index is 11.7. The monoisotopic (exact) mass is 246 g/mol. The summed E-state index contributed by atoms with van der Waals surface area (Å²) >= 11 is 0. The third-order valence-electron chi connectivity index (χ3n) is 2.37. The zero-order valence-corrected chi connectivity index (χ0v) is 9.47. The molecule has 3 N–H and O–H groups in total. The van der Waals surface area contributed by atoms with Crippen molar-refractivity contribution in [1.29, 1.82) is 0 Å². The van der Waals surface area contributed by atoms with E-state index in [2.05, 4.69) is 20.7 Å². The summed E-state index contributed by atoms with van der Waals surface area (Å²) in [6.45, 7) is 1.69. The molecule has 0 saturated heterocycles. The largest absolute Gasteiger partial charge is 0.478 e. The van der Waals surface area contributed by atoms with Gasteiger partial charge in [-0.05, 0) is 24.6 Å². The van der Waals surface area contributed by atoms with Crippen LogP contribution in [0.2, 0.25) is 0 Å². The summed E-state index contributed by atoms with van der Waals surface area (Å²) in [4.78, 5) is 22.6. The van der Waals surface area contributed by atoms with Gasteiger partial charge in [0.15, 0.2) is 5.69 Å². The minimum atomic E-state index is -1.04. The molecule has 0 fully saturated rings. The molecule has 18 heavy (non-hydrogen) atoms. The lowest BCUT2D eigenvalue weighted by Gasteiger charge is -2.06. The van der Waals surface area contributed by atoms with Crippen molar-refractivity contribution in [2.75, 3.05) is 5.32 Å². The lowest BCUT2D eigenvalue weighted by Crippen LogP contribution is -2.13. The Morgan fingerprint density at radius 3 is 2.78 bits per heavy atom. The Morgan fingerprint density at radius 2 is 2.17 bits per heavy atom. The highest BCUT2D eigenvalue weighted by Gasteiger charge is 2.12. The molecule has 92 valence electrons. The van der Waals surface area contributed by atoms with E-state index in [-0.39, 0.29) is 11.3 Å². The lowest BCUT2D eigenvalue weighted by atomic mass is 10.1. The number of carbonyl (C=O) groups is 2. The lowest BCUT2D eigenvalue weighted by molar-refractivity contribution is 0.0695. The SMILES string of the molecule is Cc1ccc(NC(=O)c2cn[nH]n2)cc1C(=O)O. The van der Waals surface area contributed by atoms with Gasteiger partial charge >= 0.3 is 5.97 Å². The van der Waals surface area contributed by atoms with Gasteiger partial charge in [0.05, 0.1) is 11.8 Å². The molecular formula is C11H10N4O3. The molecule has 0 aliphatic carbocycles. The highest BCUT2D eigenvalue weighted by atomic mass is 16.4. The number of anilines is 1. The van der Waals surface area contributed by atoms with Gasteiger partial charge in [0.2, 0.25) is 0 Å². The number of carboxylic acids is 1. The van der Waals surface area contributed by atoms with Crippen LogP contribution < -0.4 is 5.32 Å². The second-order valence-electron chi connectivity index (χ2n) is 3.64. The first kappa shape index (κ1) is 11.8. The van der Waals surface area contributed by atoms with Crippen LogP contribution in [0.4, 0.5) is 5.69 Å². The van der Waals surface area contributed by atoms with Gasteiger partial charge < -0.3 is 10.4 Å². The van der Waals surface area contributed by atoms with Gasteiger partial charge in [-0.1, -0.05) is 6.07 Å². The van der Waals surface area contributed by atoms with Crippen LogP contribution in [-0.4, -0.2) is 32.4 Å². The van der Waals surface area contributed by atoms with E-state index in [1.807, 2.05) is 0 Å². The van der Waals surface area contributed by atoms with E-state index >= 15 is 0 Å². The number of aromatic nitrogens is 3. The van der Waals surface area contributed by atoms with Gasteiger partial charge in [-0.2, -0.15) is 15.4 Å². The number of rotatable bonds is 3. The van der Waals surface area contributed by atoms with E-state index < -0.39 is 11.9 Å². The fourth-order valence-corrected chi connectivity index (χ4v) is 1.44. The predicted octanol–water partition coefficient (Wildman–Crippen LogP) is 1.06. The molecule has 2 aromatic rings. The number of hydrogen-bond acceptors (Lipinski definition) is 4. The number of aryl methyl sites for hydroxylation is 1. The normalized spacial score (nSPS) is 10.1. The molecule has 1 amide bonds. The number of carbonyl (C=O) groups excluding carboxylic acids is 1. The zero-order valence-electron chi connectivity index (χ0n) is 9.47. The second kappa shape index (κ2) is 4.66. The van der Waals surface area contributed by atoms with E-state index in [1.54, 1.807) is 19.1 Å². The van der Waals surface area contributed by atoms with Gasteiger partial charge in [-0.15, -0.1) is 0 Å². The summed E-state index contributed by atoms with van der Waals surface area (Å²) < 4.78 is 0. The van der Waals surface area contributed by atoms with Crippen LogP contribution in [0.25, 0.3) is 0 Å². The summed E-state index contributed by atoms with van der Waals surface area (Å²) in [5.41, 5.74) is 1.30. The zero-order chi connectivity index (χ0) is 13.1. The van der Waals surface area contributed by atoms with E-state index in [0.29, 0.717) is 11.3 Å². The van der Waals surface area contributed by atoms with Crippen LogP contribution in [-0.2, 0) is 0 Å². The Kier molecular flexibility index (Phi) is 3.05. The number of H-pyrrole nitrogens is 1. The van der Waals surface area contributed by atoms with Crippen molar-refractivity contribution in [3.05, 3.63) is 41.2 Å². The number of aromatic amines is 1. The minimum absolute atomic E-state index is 0.132. The van der Waals surface area contributed by atoms with Gasteiger partial charge in [-0.25, -0.2) is 4.79 Å². The number of benzene rings is 1. The molecule has 0 atom stereocenters. The van der Waals surface area contributed by atoms with Crippen LogP contribution in [0.1, 0.15) is 26.4 Å². The number of hydrogen-bond donors (Lipinski definition) is 3.